The van der Waals surface area contributed by atoms with Crippen LogP contribution in [0.15, 0.2) is 52.7 Å². The second-order valence-corrected chi connectivity index (χ2v) is 6.77. The van der Waals surface area contributed by atoms with Gasteiger partial charge < -0.3 is 24.1 Å². The molecule has 0 saturated carbocycles. The minimum atomic E-state index is -0.772. The van der Waals surface area contributed by atoms with E-state index in [4.69, 9.17) is 9.15 Å². The molecule has 0 aliphatic carbocycles. The summed E-state index contributed by atoms with van der Waals surface area (Å²) in [7, 11) is 1.52. The van der Waals surface area contributed by atoms with E-state index in [2.05, 4.69) is 4.90 Å². The molecule has 154 valence electrons. The smallest absolute Gasteiger partial charge is 0.295 e. The number of methoxy groups -OCH3 is 1. The average Bonchev–Trinajstić information content (AvgIpc) is 3.36. The molecule has 1 aromatic heterocycles. The van der Waals surface area contributed by atoms with Crippen LogP contribution >= 0.6 is 0 Å². The van der Waals surface area contributed by atoms with Crippen molar-refractivity contribution >= 4 is 17.4 Å². The third kappa shape index (κ3) is 4.05. The molecule has 0 radical (unpaired) electrons. The predicted octanol–water partition coefficient (Wildman–Crippen LogP) is 3.05. The van der Waals surface area contributed by atoms with Gasteiger partial charge in [-0.2, -0.15) is 0 Å². The van der Waals surface area contributed by atoms with Gasteiger partial charge in [-0.25, -0.2) is 0 Å². The highest BCUT2D eigenvalue weighted by atomic mass is 16.5. The number of hydrogen-bond donors (Lipinski definition) is 1. The summed E-state index contributed by atoms with van der Waals surface area (Å²) in [6, 6.07) is 9.38. The molecule has 1 N–H and O–H groups in total. The van der Waals surface area contributed by atoms with E-state index in [1.807, 2.05) is 13.8 Å². The molecule has 1 saturated heterocycles. The number of aliphatic hydroxyl groups is 1. The molecular formula is C22H26N2O5. The van der Waals surface area contributed by atoms with Crippen LogP contribution in [0, 0.1) is 0 Å². The molecule has 1 fully saturated rings. The van der Waals surface area contributed by atoms with Crippen molar-refractivity contribution in [2.24, 2.45) is 0 Å². The van der Waals surface area contributed by atoms with Gasteiger partial charge in [0.2, 0.25) is 0 Å². The maximum atomic E-state index is 12.9. The summed E-state index contributed by atoms with van der Waals surface area (Å²) in [5.74, 6) is -0.615. The molecule has 1 amide bonds. The summed E-state index contributed by atoms with van der Waals surface area (Å²) in [6.07, 6.45) is 1.49. The van der Waals surface area contributed by atoms with Crippen LogP contribution < -0.4 is 4.74 Å². The fourth-order valence-corrected chi connectivity index (χ4v) is 3.57. The normalized spacial score (nSPS) is 18.6. The lowest BCUT2D eigenvalue weighted by atomic mass is 9.99. The predicted molar refractivity (Wildman–Crippen MR) is 108 cm³/mol. The molecule has 7 nitrogen and oxygen atoms in total. The van der Waals surface area contributed by atoms with Crippen molar-refractivity contribution in [2.75, 3.05) is 33.3 Å². The molecule has 1 aliphatic rings. The Balaban J connectivity index is 2.05. The van der Waals surface area contributed by atoms with Gasteiger partial charge in [0, 0.05) is 18.7 Å². The van der Waals surface area contributed by atoms with Gasteiger partial charge in [0.25, 0.3) is 11.7 Å². The lowest BCUT2D eigenvalue weighted by molar-refractivity contribution is -0.140. The van der Waals surface area contributed by atoms with Crippen molar-refractivity contribution in [1.29, 1.82) is 0 Å². The first kappa shape index (κ1) is 20.7. The number of Topliss-reactive ketones (excluding diaryl/α,β-unsaturated/α-hetero) is 1. The summed E-state index contributed by atoms with van der Waals surface area (Å²) >= 11 is 0. The molecule has 1 aromatic carbocycles. The van der Waals surface area contributed by atoms with Crippen LogP contribution in [0.1, 0.15) is 31.2 Å². The number of furan rings is 1. The maximum absolute atomic E-state index is 12.9. The molecule has 0 bridgehead atoms. The Morgan fingerprint density at radius 2 is 1.97 bits per heavy atom. The molecule has 29 heavy (non-hydrogen) atoms. The molecule has 0 spiro atoms. The number of nitrogens with zero attached hydrogens (tertiary/aromatic N) is 2. The summed E-state index contributed by atoms with van der Waals surface area (Å²) < 4.78 is 10.7. The second-order valence-electron chi connectivity index (χ2n) is 6.77. The minimum Gasteiger partial charge on any atom is -0.507 e. The van der Waals surface area contributed by atoms with Crippen LogP contribution in [0.5, 0.6) is 5.75 Å². The van der Waals surface area contributed by atoms with E-state index in [9.17, 15) is 14.7 Å². The molecule has 0 unspecified atom stereocenters. The zero-order valence-electron chi connectivity index (χ0n) is 16.9. The van der Waals surface area contributed by atoms with Gasteiger partial charge in [-0.1, -0.05) is 26.0 Å². The number of aliphatic hydroxyl groups excluding tert-OH is 1. The second kappa shape index (κ2) is 8.96. The monoisotopic (exact) mass is 398 g/mol. The van der Waals surface area contributed by atoms with Crippen molar-refractivity contribution < 1.29 is 23.8 Å². The third-order valence-electron chi connectivity index (χ3n) is 5.25. The summed E-state index contributed by atoms with van der Waals surface area (Å²) in [5.41, 5.74) is 0.431. The molecule has 2 aromatic rings. The summed E-state index contributed by atoms with van der Waals surface area (Å²) in [5, 5.41) is 11.0. The van der Waals surface area contributed by atoms with E-state index in [0.29, 0.717) is 30.2 Å². The van der Waals surface area contributed by atoms with E-state index >= 15 is 0 Å². The Morgan fingerprint density at radius 1 is 1.21 bits per heavy atom. The first-order valence-electron chi connectivity index (χ1n) is 9.70. The van der Waals surface area contributed by atoms with Crippen molar-refractivity contribution in [3.63, 3.8) is 0 Å². The Hall–Kier alpha value is -3.06. The van der Waals surface area contributed by atoms with Crippen LogP contribution in [0.3, 0.4) is 0 Å². The van der Waals surface area contributed by atoms with E-state index in [0.717, 1.165) is 13.1 Å². The summed E-state index contributed by atoms with van der Waals surface area (Å²) in [6.45, 7) is 6.75. The van der Waals surface area contributed by atoms with E-state index in [1.54, 1.807) is 36.4 Å². The minimum absolute atomic E-state index is 0.0257. The zero-order valence-corrected chi connectivity index (χ0v) is 16.9. The quantitative estimate of drug-likeness (QED) is 0.418. The summed E-state index contributed by atoms with van der Waals surface area (Å²) in [4.78, 5) is 29.3. The Bertz CT molecular complexity index is 900. The molecule has 2 heterocycles. The van der Waals surface area contributed by atoms with Gasteiger partial charge in [0.15, 0.2) is 0 Å². The molecule has 7 heteroatoms. The molecule has 1 atom stereocenters. The topological polar surface area (TPSA) is 83.2 Å². The fraction of sp³-hybridized carbons (Fsp3) is 0.364. The first-order valence-corrected chi connectivity index (χ1v) is 9.70. The molecular weight excluding hydrogens is 372 g/mol. The number of ether oxygens (including phenoxy) is 1. The average molecular weight is 398 g/mol. The van der Waals surface area contributed by atoms with Crippen LogP contribution in [0.2, 0.25) is 0 Å². The van der Waals surface area contributed by atoms with Gasteiger partial charge in [-0.05, 0) is 37.4 Å². The zero-order chi connectivity index (χ0) is 21.0. The van der Waals surface area contributed by atoms with Gasteiger partial charge in [0.1, 0.15) is 23.3 Å². The molecule has 3 rings (SSSR count). The lowest BCUT2D eigenvalue weighted by Crippen LogP contribution is -2.37. The number of likely N-dealkylation sites (tertiary alicyclic amines) is 1. The highest BCUT2D eigenvalue weighted by molar-refractivity contribution is 6.46. The number of amides is 1. The maximum Gasteiger partial charge on any atom is 0.295 e. The van der Waals surface area contributed by atoms with E-state index in [1.165, 1.54) is 18.3 Å². The number of carbonyl (C=O) groups is 2. The number of likely N-dealkylation sites (N-methyl/N-ethyl adjacent to an activating group) is 1. The van der Waals surface area contributed by atoms with Crippen molar-refractivity contribution in [3.05, 3.63) is 59.6 Å². The SMILES string of the molecule is CCN(CC)CCN1C(=O)C(=O)/C(=C(/O)c2cccc(OC)c2)[C@H]1c1ccco1. The first-order chi connectivity index (χ1) is 14.0. The third-order valence-corrected chi connectivity index (χ3v) is 5.25. The van der Waals surface area contributed by atoms with Gasteiger partial charge in [-0.15, -0.1) is 0 Å². The standard InChI is InChI=1S/C22H26N2O5/c1-4-23(5-2)11-12-24-19(17-10-7-13-29-17)18(21(26)22(24)27)20(25)15-8-6-9-16(14-15)28-3/h6-10,13-14,19,25H,4-5,11-12H2,1-3H3/b20-18+/t19-/m1/s1. The number of hydrogen-bond acceptors (Lipinski definition) is 6. The van der Waals surface area contributed by atoms with Crippen molar-refractivity contribution in [2.45, 2.75) is 19.9 Å². The van der Waals surface area contributed by atoms with E-state index < -0.39 is 17.7 Å². The lowest BCUT2D eigenvalue weighted by Gasteiger charge is -2.26. The Morgan fingerprint density at radius 3 is 2.59 bits per heavy atom. The highest BCUT2D eigenvalue weighted by Gasteiger charge is 2.47. The number of carbonyl (C=O) groups excluding carboxylic acids is 2. The fourth-order valence-electron chi connectivity index (χ4n) is 3.57. The molecule has 1 aliphatic heterocycles. The van der Waals surface area contributed by atoms with Crippen molar-refractivity contribution in [1.82, 2.24) is 9.80 Å². The largest absolute Gasteiger partial charge is 0.507 e. The van der Waals surface area contributed by atoms with Crippen molar-refractivity contribution in [3.8, 4) is 5.75 Å². The highest BCUT2D eigenvalue weighted by Crippen LogP contribution is 2.39. The van der Waals surface area contributed by atoms with Gasteiger partial charge >= 0.3 is 0 Å². The number of rotatable bonds is 8. The van der Waals surface area contributed by atoms with E-state index in [-0.39, 0.29) is 11.3 Å². The van der Waals surface area contributed by atoms with Crippen LogP contribution in [0.25, 0.3) is 5.76 Å². The number of benzene rings is 1. The van der Waals surface area contributed by atoms with Gasteiger partial charge in [0.05, 0.1) is 18.9 Å². The Labute approximate surface area is 170 Å². The van der Waals surface area contributed by atoms with Crippen LogP contribution in [-0.4, -0.2) is 59.9 Å². The Kier molecular flexibility index (Phi) is 6.39. The van der Waals surface area contributed by atoms with Gasteiger partial charge in [-0.3, -0.25) is 9.59 Å². The van der Waals surface area contributed by atoms with Crippen LogP contribution in [0.4, 0.5) is 0 Å². The van der Waals surface area contributed by atoms with Crippen LogP contribution in [-0.2, 0) is 9.59 Å². The number of ketones is 1.